The van der Waals surface area contributed by atoms with Crippen LogP contribution in [0.2, 0.25) is 0 Å². The molecule has 3 aromatic carbocycles. The average molecular weight is 597 g/mol. The van der Waals surface area contributed by atoms with Crippen LogP contribution in [0.5, 0.6) is 0 Å². The van der Waals surface area contributed by atoms with Crippen LogP contribution in [0.4, 0.5) is 0 Å². The first kappa shape index (κ1) is 33.2. The number of thioether (sulfide) groups is 3. The van der Waals surface area contributed by atoms with Gasteiger partial charge in [0.1, 0.15) is 0 Å². The van der Waals surface area contributed by atoms with E-state index in [0.717, 1.165) is 55.8 Å². The summed E-state index contributed by atoms with van der Waals surface area (Å²) in [5.74, 6) is 3.28. The molecule has 0 radical (unpaired) electrons. The zero-order valence-corrected chi connectivity index (χ0v) is 26.9. The maximum absolute atomic E-state index is 6.04. The van der Waals surface area contributed by atoms with Crippen LogP contribution in [0.25, 0.3) is 0 Å². The molecule has 0 unspecified atom stereocenters. The molecule has 0 bridgehead atoms. The van der Waals surface area contributed by atoms with E-state index in [1.54, 1.807) is 0 Å². The van der Waals surface area contributed by atoms with Gasteiger partial charge in [0, 0.05) is 34.5 Å². The summed E-state index contributed by atoms with van der Waals surface area (Å²) in [6, 6.07) is 25.8. The van der Waals surface area contributed by atoms with Crippen molar-refractivity contribution in [3.8, 4) is 0 Å². The molecule has 0 fully saturated rings. The molecule has 3 nitrogen and oxygen atoms in total. The van der Waals surface area contributed by atoms with Crippen LogP contribution in [-0.4, -0.2) is 44.4 Å². The van der Waals surface area contributed by atoms with Gasteiger partial charge in [-0.15, -0.1) is 35.3 Å². The van der Waals surface area contributed by atoms with Crippen molar-refractivity contribution in [1.29, 1.82) is 0 Å². The number of rotatable bonds is 21. The molecule has 0 saturated heterocycles. The highest BCUT2D eigenvalue weighted by Crippen LogP contribution is 2.24. The van der Waals surface area contributed by atoms with Crippen molar-refractivity contribution in [2.45, 2.75) is 74.0 Å². The lowest BCUT2D eigenvalue weighted by Gasteiger charge is -2.15. The fourth-order valence-corrected chi connectivity index (χ4v) is 7.11. The molecule has 0 saturated carbocycles. The summed E-state index contributed by atoms with van der Waals surface area (Å²) in [7, 11) is -0.572. The van der Waals surface area contributed by atoms with Gasteiger partial charge in [0.05, 0.1) is 0 Å². The molecule has 3 aromatic rings. The van der Waals surface area contributed by atoms with Gasteiger partial charge in [-0.25, -0.2) is 0 Å². The topological polar surface area (TPSA) is 27.7 Å². The minimum absolute atomic E-state index is 0.572. The van der Waals surface area contributed by atoms with E-state index < -0.39 is 7.32 Å². The first-order chi connectivity index (χ1) is 19.6. The van der Waals surface area contributed by atoms with E-state index in [4.69, 9.17) is 14.0 Å². The number of unbranched alkanes of at least 4 members (excludes halogenated alkanes) is 3. The molecule has 0 aromatic heterocycles. The fraction of sp³-hybridized carbons (Fsp3) is 0.455. The summed E-state index contributed by atoms with van der Waals surface area (Å²) in [6.45, 7) is 8.50. The van der Waals surface area contributed by atoms with Crippen LogP contribution in [0.3, 0.4) is 0 Å². The number of aryl methyl sites for hydroxylation is 3. The molecule has 0 aliphatic heterocycles. The Morgan fingerprint density at radius 1 is 0.450 bits per heavy atom. The first-order valence-electron chi connectivity index (χ1n) is 14.5. The molecule has 3 rings (SSSR count). The average Bonchev–Trinajstić information content (AvgIpc) is 2.96. The SMILES string of the molecule is Cc1ccccc1SCCCCOB(OCCCCSc1ccccc1C)OCCCCSc1ccccc1C. The van der Waals surface area contributed by atoms with E-state index in [1.807, 2.05) is 35.3 Å². The van der Waals surface area contributed by atoms with Gasteiger partial charge < -0.3 is 14.0 Å². The second-order valence-electron chi connectivity index (χ2n) is 9.86. The van der Waals surface area contributed by atoms with Crippen molar-refractivity contribution in [2.24, 2.45) is 0 Å². The Kier molecular flexibility index (Phi) is 17.0. The lowest BCUT2D eigenvalue weighted by atomic mass is 10.2. The van der Waals surface area contributed by atoms with Crippen LogP contribution in [0.1, 0.15) is 55.2 Å². The number of hydrogen-bond acceptors (Lipinski definition) is 6. The third kappa shape index (κ3) is 13.5. The molecule has 40 heavy (non-hydrogen) atoms. The summed E-state index contributed by atoms with van der Waals surface area (Å²) < 4.78 is 18.1. The summed E-state index contributed by atoms with van der Waals surface area (Å²) in [4.78, 5) is 4.11. The van der Waals surface area contributed by atoms with Gasteiger partial charge in [0.2, 0.25) is 0 Å². The molecule has 0 aliphatic carbocycles. The normalized spacial score (nSPS) is 11.2. The molecule has 0 atom stereocenters. The molecule has 0 aliphatic rings. The van der Waals surface area contributed by atoms with Crippen LogP contribution < -0.4 is 0 Å². The number of hydrogen-bond donors (Lipinski definition) is 0. The molecule has 0 heterocycles. The van der Waals surface area contributed by atoms with Gasteiger partial charge >= 0.3 is 7.32 Å². The van der Waals surface area contributed by atoms with Gasteiger partial charge in [-0.3, -0.25) is 0 Å². The van der Waals surface area contributed by atoms with Gasteiger partial charge in [0.15, 0.2) is 0 Å². The van der Waals surface area contributed by atoms with Gasteiger partial charge in [-0.1, -0.05) is 54.6 Å². The van der Waals surface area contributed by atoms with Gasteiger partial charge in [-0.05, 0) is 111 Å². The maximum atomic E-state index is 6.04. The van der Waals surface area contributed by atoms with Crippen LogP contribution >= 0.6 is 35.3 Å². The van der Waals surface area contributed by atoms with Gasteiger partial charge in [0.25, 0.3) is 0 Å². The predicted octanol–water partition coefficient (Wildman–Crippen LogP) is 9.66. The Hall–Kier alpha value is -1.35. The van der Waals surface area contributed by atoms with E-state index >= 15 is 0 Å². The van der Waals surface area contributed by atoms with E-state index in [2.05, 4.69) is 93.6 Å². The third-order valence-electron chi connectivity index (χ3n) is 6.43. The third-order valence-corrected chi connectivity index (χ3v) is 10.2. The largest absolute Gasteiger partial charge is 0.639 e. The Labute approximate surface area is 256 Å². The summed E-state index contributed by atoms with van der Waals surface area (Å²) in [5.41, 5.74) is 4.04. The Bertz CT molecular complexity index is 961. The van der Waals surface area contributed by atoms with Crippen LogP contribution in [0.15, 0.2) is 87.5 Å². The Balaban J connectivity index is 1.30. The molecule has 7 heteroatoms. The molecule has 216 valence electrons. The fourth-order valence-electron chi connectivity index (χ4n) is 4.00. The molecule has 0 amide bonds. The van der Waals surface area contributed by atoms with Crippen molar-refractivity contribution >= 4 is 42.6 Å². The Morgan fingerprint density at radius 3 is 1.05 bits per heavy atom. The van der Waals surface area contributed by atoms with Crippen LogP contribution in [0, 0.1) is 20.8 Å². The molecular weight excluding hydrogens is 551 g/mol. The molecule has 0 N–H and O–H groups in total. The van der Waals surface area contributed by atoms with E-state index in [0.29, 0.717) is 19.8 Å². The lowest BCUT2D eigenvalue weighted by molar-refractivity contribution is 0.0900. The van der Waals surface area contributed by atoms with Gasteiger partial charge in [-0.2, -0.15) is 0 Å². The smallest absolute Gasteiger partial charge is 0.386 e. The van der Waals surface area contributed by atoms with E-state index in [-0.39, 0.29) is 0 Å². The quantitative estimate of drug-likeness (QED) is 0.0691. The first-order valence-corrected chi connectivity index (χ1v) is 17.5. The summed E-state index contributed by atoms with van der Waals surface area (Å²) >= 11 is 5.78. The van der Waals surface area contributed by atoms with Crippen molar-refractivity contribution < 1.29 is 14.0 Å². The minimum atomic E-state index is -0.572. The lowest BCUT2D eigenvalue weighted by Crippen LogP contribution is -2.29. The summed E-state index contributed by atoms with van der Waals surface area (Å²) in [6.07, 6.45) is 6.33. The highest BCUT2D eigenvalue weighted by Gasteiger charge is 2.20. The van der Waals surface area contributed by atoms with E-state index in [1.165, 1.54) is 31.4 Å². The highest BCUT2D eigenvalue weighted by atomic mass is 32.2. The standard InChI is InChI=1S/C33H45BO3S3/c1-28-16-4-7-19-31(28)38-25-13-10-22-35-34(36-23-11-14-26-39-32-20-8-5-17-29(32)2)37-24-12-15-27-40-33-21-9-6-18-30(33)3/h4-9,16-21H,10-15,22-27H2,1-3H3. The zero-order chi connectivity index (χ0) is 28.3. The molecule has 0 spiro atoms. The van der Waals surface area contributed by atoms with Crippen molar-refractivity contribution in [2.75, 3.05) is 37.1 Å². The second kappa shape index (κ2) is 20.5. The second-order valence-corrected chi connectivity index (χ2v) is 13.3. The summed E-state index contributed by atoms with van der Waals surface area (Å²) in [5, 5.41) is 0. The van der Waals surface area contributed by atoms with Crippen molar-refractivity contribution in [3.63, 3.8) is 0 Å². The maximum Gasteiger partial charge on any atom is 0.639 e. The van der Waals surface area contributed by atoms with Crippen molar-refractivity contribution in [3.05, 3.63) is 89.5 Å². The predicted molar refractivity (Wildman–Crippen MR) is 177 cm³/mol. The van der Waals surface area contributed by atoms with E-state index in [9.17, 15) is 0 Å². The highest BCUT2D eigenvalue weighted by molar-refractivity contribution is 7.99. The monoisotopic (exact) mass is 596 g/mol. The number of benzene rings is 3. The molecular formula is C33H45BO3S3. The minimum Gasteiger partial charge on any atom is -0.386 e. The van der Waals surface area contributed by atoms with Crippen molar-refractivity contribution in [1.82, 2.24) is 0 Å². The van der Waals surface area contributed by atoms with Crippen LogP contribution in [-0.2, 0) is 14.0 Å². The Morgan fingerprint density at radius 2 is 0.750 bits per heavy atom. The zero-order valence-electron chi connectivity index (χ0n) is 24.4.